The van der Waals surface area contributed by atoms with Gasteiger partial charge in [0.1, 0.15) is 15.6 Å². The molecule has 8 heteroatoms. The van der Waals surface area contributed by atoms with Crippen LogP contribution in [-0.2, 0) is 5.75 Å². The van der Waals surface area contributed by atoms with Crippen molar-refractivity contribution in [3.05, 3.63) is 40.5 Å². The third-order valence-electron chi connectivity index (χ3n) is 4.30. The molecule has 1 saturated carbocycles. The number of amides is 2. The lowest BCUT2D eigenvalue weighted by Gasteiger charge is -2.07. The van der Waals surface area contributed by atoms with E-state index in [2.05, 4.69) is 41.0 Å². The molecular weight excluding hydrogens is 370 g/mol. The van der Waals surface area contributed by atoms with Gasteiger partial charge in [-0.25, -0.2) is 9.59 Å². The second-order valence-corrected chi connectivity index (χ2v) is 8.22. The van der Waals surface area contributed by atoms with Gasteiger partial charge in [-0.1, -0.05) is 30.0 Å². The average molecular weight is 392 g/mol. The molecule has 2 aromatic rings. The van der Waals surface area contributed by atoms with E-state index in [9.17, 15) is 14.7 Å². The summed E-state index contributed by atoms with van der Waals surface area (Å²) in [6.07, 6.45) is 2.28. The molecule has 0 unspecified atom stereocenters. The van der Waals surface area contributed by atoms with Gasteiger partial charge in [0, 0.05) is 12.3 Å². The molecule has 3 rings (SSSR count). The largest absolute Gasteiger partial charge is 0.477 e. The minimum absolute atomic E-state index is 0.0606. The first kappa shape index (κ1) is 18.7. The van der Waals surface area contributed by atoms with E-state index >= 15 is 0 Å². The van der Waals surface area contributed by atoms with E-state index in [0.29, 0.717) is 23.2 Å². The zero-order valence-corrected chi connectivity index (χ0v) is 16.3. The van der Waals surface area contributed by atoms with Crippen LogP contribution in [-0.4, -0.2) is 28.0 Å². The Hall–Kier alpha value is -2.06. The Morgan fingerprint density at radius 3 is 2.73 bits per heavy atom. The van der Waals surface area contributed by atoms with Crippen LogP contribution in [0.15, 0.2) is 23.2 Å². The first-order chi connectivity index (χ1) is 12.4. The summed E-state index contributed by atoms with van der Waals surface area (Å²) in [6, 6.07) is 5.81. The number of nitrogens with one attached hydrogen (secondary N) is 2. The van der Waals surface area contributed by atoms with Gasteiger partial charge in [-0.05, 0) is 60.8 Å². The molecular formula is C18H21N3O3S2. The van der Waals surface area contributed by atoms with Gasteiger partial charge in [0.25, 0.3) is 0 Å². The molecule has 26 heavy (non-hydrogen) atoms. The summed E-state index contributed by atoms with van der Waals surface area (Å²) in [5, 5.41) is 15.6. The van der Waals surface area contributed by atoms with E-state index in [-0.39, 0.29) is 16.6 Å². The summed E-state index contributed by atoms with van der Waals surface area (Å²) in [5.41, 5.74) is 3.60. The van der Waals surface area contributed by atoms with Crippen molar-refractivity contribution in [2.75, 3.05) is 11.9 Å². The second kappa shape index (κ2) is 8.09. The SMILES string of the molecule is Cc1ccc(CSc2nsc(NC(=O)NCC3CC3)c2C(=O)O)cc1C. The van der Waals surface area contributed by atoms with Gasteiger partial charge in [0.2, 0.25) is 0 Å². The molecule has 0 atom stereocenters. The Morgan fingerprint density at radius 1 is 1.31 bits per heavy atom. The number of anilines is 1. The molecule has 2 amide bonds. The number of hydrogen-bond acceptors (Lipinski definition) is 5. The Bertz CT molecular complexity index is 831. The van der Waals surface area contributed by atoms with Crippen LogP contribution in [0.2, 0.25) is 0 Å². The summed E-state index contributed by atoms with van der Waals surface area (Å²) in [7, 11) is 0. The van der Waals surface area contributed by atoms with Crippen LogP contribution in [0.1, 0.15) is 39.9 Å². The van der Waals surface area contributed by atoms with Gasteiger partial charge >= 0.3 is 12.0 Å². The normalized spacial score (nSPS) is 13.5. The monoisotopic (exact) mass is 391 g/mol. The Kier molecular flexibility index (Phi) is 5.83. The second-order valence-electron chi connectivity index (χ2n) is 6.48. The highest BCUT2D eigenvalue weighted by Gasteiger charge is 2.24. The van der Waals surface area contributed by atoms with Gasteiger partial charge < -0.3 is 10.4 Å². The molecule has 0 saturated heterocycles. The third kappa shape index (κ3) is 4.76. The number of aromatic nitrogens is 1. The van der Waals surface area contributed by atoms with Gasteiger partial charge in [-0.3, -0.25) is 5.32 Å². The fraction of sp³-hybridized carbons (Fsp3) is 0.389. The van der Waals surface area contributed by atoms with E-state index in [0.717, 1.165) is 29.9 Å². The van der Waals surface area contributed by atoms with Gasteiger partial charge in [0.05, 0.1) is 0 Å². The van der Waals surface area contributed by atoms with E-state index in [1.807, 2.05) is 6.07 Å². The first-order valence-corrected chi connectivity index (χ1v) is 10.2. The minimum atomic E-state index is -1.08. The van der Waals surface area contributed by atoms with E-state index in [1.54, 1.807) is 0 Å². The third-order valence-corrected chi connectivity index (χ3v) is 6.22. The van der Waals surface area contributed by atoms with Crippen LogP contribution in [0.4, 0.5) is 9.80 Å². The van der Waals surface area contributed by atoms with Crippen LogP contribution in [0.5, 0.6) is 0 Å². The van der Waals surface area contributed by atoms with E-state index in [1.165, 1.54) is 22.9 Å². The highest BCUT2D eigenvalue weighted by Crippen LogP contribution is 2.34. The number of nitrogens with zero attached hydrogens (tertiary/aromatic N) is 1. The minimum Gasteiger partial charge on any atom is -0.477 e. The van der Waals surface area contributed by atoms with Crippen molar-refractivity contribution in [1.29, 1.82) is 0 Å². The number of carboxylic acid groups (broad SMARTS) is 1. The maximum Gasteiger partial charge on any atom is 0.341 e. The number of carbonyl (C=O) groups is 2. The molecule has 0 bridgehead atoms. The number of thioether (sulfide) groups is 1. The van der Waals surface area contributed by atoms with Crippen LogP contribution in [0.3, 0.4) is 0 Å². The molecule has 1 aliphatic rings. The molecule has 0 radical (unpaired) electrons. The summed E-state index contributed by atoms with van der Waals surface area (Å²) in [6.45, 7) is 4.74. The molecule has 1 aliphatic carbocycles. The molecule has 6 nitrogen and oxygen atoms in total. The van der Waals surface area contributed by atoms with Crippen LogP contribution in [0, 0.1) is 19.8 Å². The fourth-order valence-electron chi connectivity index (χ4n) is 2.40. The lowest BCUT2D eigenvalue weighted by Crippen LogP contribution is -2.30. The molecule has 0 aliphatic heterocycles. The smallest absolute Gasteiger partial charge is 0.341 e. The lowest BCUT2D eigenvalue weighted by atomic mass is 10.1. The number of aromatic carboxylic acids is 1. The molecule has 1 fully saturated rings. The van der Waals surface area contributed by atoms with E-state index in [4.69, 9.17) is 0 Å². The highest BCUT2D eigenvalue weighted by molar-refractivity contribution is 7.98. The number of benzene rings is 1. The maximum atomic E-state index is 11.9. The van der Waals surface area contributed by atoms with Crippen molar-refractivity contribution >= 4 is 40.3 Å². The standard InChI is InChI=1S/C18H21N3O3S2/c1-10-3-4-13(7-11(10)2)9-25-16-14(17(22)23)15(26-21-16)20-18(24)19-8-12-5-6-12/h3-4,7,12H,5-6,8-9H2,1-2H3,(H,22,23)(H2,19,20,24). The zero-order valence-electron chi connectivity index (χ0n) is 14.7. The topological polar surface area (TPSA) is 91.3 Å². The van der Waals surface area contributed by atoms with Gasteiger partial charge in [-0.2, -0.15) is 4.37 Å². The van der Waals surface area contributed by atoms with Crippen molar-refractivity contribution in [3.8, 4) is 0 Å². The molecule has 3 N–H and O–H groups in total. The molecule has 138 valence electrons. The molecule has 1 aromatic heterocycles. The number of hydrogen-bond donors (Lipinski definition) is 3. The maximum absolute atomic E-state index is 11.9. The number of carbonyl (C=O) groups excluding carboxylic acids is 1. The Labute approximate surface area is 160 Å². The van der Waals surface area contributed by atoms with Crippen LogP contribution in [0.25, 0.3) is 0 Å². The lowest BCUT2D eigenvalue weighted by molar-refractivity contribution is 0.0694. The summed E-state index contributed by atoms with van der Waals surface area (Å²) in [4.78, 5) is 23.6. The summed E-state index contributed by atoms with van der Waals surface area (Å²) >= 11 is 2.37. The highest BCUT2D eigenvalue weighted by atomic mass is 32.2. The fourth-order valence-corrected chi connectivity index (χ4v) is 4.28. The molecule has 1 heterocycles. The zero-order chi connectivity index (χ0) is 18.7. The number of urea groups is 1. The van der Waals surface area contributed by atoms with Crippen LogP contribution >= 0.6 is 23.3 Å². The quantitative estimate of drug-likeness (QED) is 0.613. The number of carboxylic acids is 1. The van der Waals surface area contributed by atoms with Crippen molar-refractivity contribution in [3.63, 3.8) is 0 Å². The van der Waals surface area contributed by atoms with E-state index < -0.39 is 5.97 Å². The molecule has 0 spiro atoms. The van der Waals surface area contributed by atoms with Gasteiger partial charge in [-0.15, -0.1) is 0 Å². The first-order valence-electron chi connectivity index (χ1n) is 8.40. The summed E-state index contributed by atoms with van der Waals surface area (Å²) in [5.74, 6) is 0.0994. The number of rotatable bonds is 7. The average Bonchev–Trinajstić information content (AvgIpc) is 3.34. The van der Waals surface area contributed by atoms with Crippen molar-refractivity contribution < 1.29 is 14.7 Å². The van der Waals surface area contributed by atoms with Crippen molar-refractivity contribution in [2.45, 2.75) is 37.5 Å². The van der Waals surface area contributed by atoms with Crippen molar-refractivity contribution in [2.24, 2.45) is 5.92 Å². The van der Waals surface area contributed by atoms with Crippen molar-refractivity contribution in [1.82, 2.24) is 9.69 Å². The van der Waals surface area contributed by atoms with Gasteiger partial charge in [0.15, 0.2) is 0 Å². The molecule has 1 aromatic carbocycles. The summed E-state index contributed by atoms with van der Waals surface area (Å²) < 4.78 is 4.23. The predicted molar refractivity (Wildman–Crippen MR) is 104 cm³/mol. The predicted octanol–water partition coefficient (Wildman–Crippen LogP) is 4.28. The van der Waals surface area contributed by atoms with Crippen LogP contribution < -0.4 is 10.6 Å². The Balaban J connectivity index is 1.66. The Morgan fingerprint density at radius 2 is 2.08 bits per heavy atom. The number of aryl methyl sites for hydroxylation is 2.